The maximum atomic E-state index is 11.8. The molecule has 0 aliphatic heterocycles. The second-order valence-electron chi connectivity index (χ2n) is 22.1. The molecule has 9 aliphatic carbocycles. The first-order valence-electron chi connectivity index (χ1n) is 26.0. The van der Waals surface area contributed by atoms with E-state index in [4.69, 9.17) is 45.5 Å². The highest BCUT2D eigenvalue weighted by Gasteiger charge is 2.50. The smallest absolute Gasteiger partial charge is 0.0995 e. The van der Waals surface area contributed by atoms with Gasteiger partial charge in [-0.15, -0.1) is 8.67 Å². The molecule has 0 spiro atoms. The number of hydrogen-bond donors (Lipinski definition) is 5. The fourth-order valence-corrected chi connectivity index (χ4v) is 15.6. The van der Waals surface area contributed by atoms with E-state index >= 15 is 0 Å². The lowest BCUT2D eigenvalue weighted by Crippen LogP contribution is -2.52. The molecule has 0 radical (unpaired) electrons. The zero-order valence-electron chi connectivity index (χ0n) is 38.2. The number of nitrogens with one attached hydrogen (secondary N) is 1. The van der Waals surface area contributed by atoms with Gasteiger partial charge in [0.2, 0.25) is 0 Å². The summed E-state index contributed by atoms with van der Waals surface area (Å²) in [6.07, 6.45) is 25.6. The highest BCUT2D eigenvalue weighted by Crippen LogP contribution is 2.49. The van der Waals surface area contributed by atoms with Gasteiger partial charge in [0, 0.05) is 56.7 Å². The lowest BCUT2D eigenvalue weighted by Gasteiger charge is -2.47. The van der Waals surface area contributed by atoms with Crippen molar-refractivity contribution in [1.82, 2.24) is 5.32 Å². The van der Waals surface area contributed by atoms with Gasteiger partial charge in [0.1, 0.15) is 0 Å². The Morgan fingerprint density at radius 2 is 0.953 bits per heavy atom. The van der Waals surface area contributed by atoms with Gasteiger partial charge in [0.25, 0.3) is 0 Å². The Balaban J connectivity index is 0.802. The number of fused-ring (bicyclic) bond motifs is 4. The lowest BCUT2D eigenvalue weighted by molar-refractivity contribution is -0.486. The minimum absolute atomic E-state index is 0.0451. The number of thiol groups is 2. The summed E-state index contributed by atoms with van der Waals surface area (Å²) in [5, 5.41) is 67.6. The van der Waals surface area contributed by atoms with Crippen molar-refractivity contribution in [2.24, 2.45) is 83.9 Å². The molecule has 9 fully saturated rings. The van der Waals surface area contributed by atoms with E-state index in [1.165, 1.54) is 83.5 Å². The van der Waals surface area contributed by atoms with Crippen LogP contribution in [0.3, 0.4) is 0 Å². The van der Waals surface area contributed by atoms with E-state index in [9.17, 15) is 10.2 Å². The molecule has 3 N–H and O–H groups in total. The molecule has 0 saturated heterocycles. The fraction of sp³-hybridized carbons (Fsp3) is 1.00. The molecule has 362 valence electrons. The zero-order valence-corrected chi connectivity index (χ0v) is 40.0. The van der Waals surface area contributed by atoms with Crippen LogP contribution in [-0.4, -0.2) is 83.0 Å². The molecule has 9 rings (SSSR count). The molecule has 0 aromatic carbocycles. The summed E-state index contributed by atoms with van der Waals surface area (Å²) in [6.45, 7) is 2.32. The minimum Gasteiger partial charge on any atom is -0.393 e. The molecule has 0 amide bonds. The Morgan fingerprint density at radius 3 is 1.50 bits per heavy atom. The predicted molar refractivity (Wildman–Crippen MR) is 245 cm³/mol. The van der Waals surface area contributed by atoms with Crippen LogP contribution >= 0.6 is 25.8 Å². The topological polar surface area (TPSA) is 182 Å². The van der Waals surface area contributed by atoms with Crippen LogP contribution in [0.15, 0.2) is 30.7 Å². The third kappa shape index (κ3) is 11.4. The van der Waals surface area contributed by atoms with Gasteiger partial charge >= 0.3 is 0 Å². The Morgan fingerprint density at radius 1 is 0.453 bits per heavy atom. The van der Waals surface area contributed by atoms with Crippen LogP contribution in [0.25, 0.3) is 0 Å². The highest BCUT2D eigenvalue weighted by atomic mass is 32.1. The summed E-state index contributed by atoms with van der Waals surface area (Å²) in [5.74, 6) is 3.15. The molecule has 64 heavy (non-hydrogen) atoms. The molecule has 0 aromatic heterocycles. The van der Waals surface area contributed by atoms with Gasteiger partial charge in [-0.05, 0) is 150 Å². The van der Waals surface area contributed by atoms with Gasteiger partial charge in [0.05, 0.1) is 60.7 Å². The summed E-state index contributed by atoms with van der Waals surface area (Å²) in [6, 6.07) is 1.83. The Kier molecular flexibility index (Phi) is 17.4. The molecule has 9 aliphatic rings. The Labute approximate surface area is 392 Å². The van der Waals surface area contributed by atoms with Gasteiger partial charge in [-0.25, -0.2) is 9.78 Å². The van der Waals surface area contributed by atoms with Crippen molar-refractivity contribution < 1.29 is 38.7 Å². The van der Waals surface area contributed by atoms with E-state index in [1.54, 1.807) is 0 Å². The normalized spacial score (nSPS) is 47.0. The maximum Gasteiger partial charge on any atom is 0.0995 e. The summed E-state index contributed by atoms with van der Waals surface area (Å²) < 4.78 is 8.81. The molecule has 0 bridgehead atoms. The lowest BCUT2D eigenvalue weighted by atomic mass is 9.63. The third-order valence-corrected chi connectivity index (χ3v) is 18.6. The van der Waals surface area contributed by atoms with Crippen molar-refractivity contribution in [2.45, 2.75) is 240 Å². The molecular formula is C47H79N7O8S2. The van der Waals surface area contributed by atoms with Gasteiger partial charge in [-0.1, -0.05) is 61.9 Å². The fourth-order valence-electron chi connectivity index (χ4n) is 15.5. The molecule has 20 atom stereocenters. The summed E-state index contributed by atoms with van der Waals surface area (Å²) in [7, 11) is 0. The van der Waals surface area contributed by atoms with Crippen LogP contribution in [0.2, 0.25) is 0 Å². The van der Waals surface area contributed by atoms with E-state index in [0.717, 1.165) is 51.4 Å². The first-order chi connectivity index (χ1) is 31.4. The predicted octanol–water partition coefficient (Wildman–Crippen LogP) is 10.2. The van der Waals surface area contributed by atoms with E-state index in [0.29, 0.717) is 79.2 Å². The summed E-state index contributed by atoms with van der Waals surface area (Å²) in [4.78, 5) is 10.8. The van der Waals surface area contributed by atoms with Crippen LogP contribution in [0, 0.1) is 53.3 Å². The van der Waals surface area contributed by atoms with E-state index < -0.39 is 6.10 Å². The maximum absolute atomic E-state index is 11.8. The minimum atomic E-state index is -0.639. The summed E-state index contributed by atoms with van der Waals surface area (Å²) >= 11 is 7.27. The van der Waals surface area contributed by atoms with Crippen LogP contribution in [0.1, 0.15) is 167 Å². The van der Waals surface area contributed by atoms with Crippen molar-refractivity contribution in [3.05, 3.63) is 0 Å². The van der Waals surface area contributed by atoms with E-state index in [1.807, 2.05) is 0 Å². The van der Waals surface area contributed by atoms with Gasteiger partial charge < -0.3 is 15.5 Å². The average molecular weight is 934 g/mol. The zero-order chi connectivity index (χ0) is 44.0. The van der Waals surface area contributed by atoms with Crippen molar-refractivity contribution in [1.29, 1.82) is 0 Å². The quantitative estimate of drug-likeness (QED) is 0.0372. The van der Waals surface area contributed by atoms with Crippen LogP contribution in [0.4, 0.5) is 0 Å². The standard InChI is InChI=1S/C47H79N7O8S2/c1-27-21-28-22-31(48-30-9-3-2-4-10-30)15-16-34(28)47(56)46(27)54-52-42-20-19-40(37-13-7-8-14-38(37)42)50-49-39-17-18-41(36-12-6-5-11-35(36)39)51-53-43-25-32(57-59-61-63)23-29-24-33(58-60-62-64)26-44(55)45(29)43/h27-48,55-56,63-64H,2-26H2,1H3. The average Bonchev–Trinajstić information content (AvgIpc) is 3.31. The molecule has 17 heteroatoms. The van der Waals surface area contributed by atoms with Crippen molar-refractivity contribution >= 4 is 25.8 Å². The first-order valence-corrected chi connectivity index (χ1v) is 26.7. The Hall–Kier alpha value is -0.860. The van der Waals surface area contributed by atoms with Crippen LogP contribution < -0.4 is 5.32 Å². The van der Waals surface area contributed by atoms with E-state index in [2.05, 4.69) is 51.8 Å². The number of aliphatic hydroxyl groups excluding tert-OH is 2. The van der Waals surface area contributed by atoms with Crippen LogP contribution in [-0.2, 0) is 28.5 Å². The van der Waals surface area contributed by atoms with Gasteiger partial charge in [-0.3, -0.25) is 0 Å². The molecule has 0 aromatic rings. The number of hydrogen-bond acceptors (Lipinski definition) is 17. The second kappa shape index (κ2) is 23.2. The number of aliphatic hydroxyl groups is 2. The third-order valence-electron chi connectivity index (χ3n) is 18.5. The highest BCUT2D eigenvalue weighted by molar-refractivity contribution is 7.75. The number of azo groups is 3. The van der Waals surface area contributed by atoms with Crippen molar-refractivity contribution in [2.75, 3.05) is 0 Å². The van der Waals surface area contributed by atoms with E-state index in [-0.39, 0.29) is 66.4 Å². The first kappa shape index (κ1) is 48.2. The molecule has 0 heterocycles. The Bertz CT molecular complexity index is 1550. The largest absolute Gasteiger partial charge is 0.393 e. The van der Waals surface area contributed by atoms with Gasteiger partial charge in [0.15, 0.2) is 0 Å². The van der Waals surface area contributed by atoms with Gasteiger partial charge in [-0.2, -0.15) is 30.7 Å². The number of nitrogens with zero attached hydrogens (tertiary/aromatic N) is 6. The summed E-state index contributed by atoms with van der Waals surface area (Å²) in [5.41, 5.74) is 0. The van der Waals surface area contributed by atoms with Crippen molar-refractivity contribution in [3.63, 3.8) is 0 Å². The van der Waals surface area contributed by atoms with Crippen LogP contribution in [0.5, 0.6) is 0 Å². The SMILES string of the molecule is CC1CC2CC(NC3CCCCC3)CCC2C(O)C1N=NC1CCC(N=NC2CCC(N=NC3CC(OOOS)CC4CC(OOOS)CC(O)C43)C3CCCCC23)C2CCCCC12. The second-order valence-corrected chi connectivity index (χ2v) is 22.4. The van der Waals surface area contributed by atoms with Crippen molar-refractivity contribution in [3.8, 4) is 0 Å². The number of rotatable bonds is 14. The molecule has 9 saturated carbocycles. The molecule has 20 unspecified atom stereocenters. The molecular weight excluding hydrogens is 855 g/mol. The molecule has 15 nitrogen and oxygen atoms in total. The monoisotopic (exact) mass is 934 g/mol.